The minimum Gasteiger partial charge on any atom is -0.481 e. The minimum absolute atomic E-state index is 0.0276. The SMILES string of the molecule is C=C/C=C(\C=C/CC)C(CC)(CCc1ccc(C)c(/N=C(/CCCCC(=O)O)N(C=O)C2C=CC(F)=CC2)c1)N=O. The maximum Gasteiger partial charge on any atom is 0.303 e. The van der Waals surface area contributed by atoms with Crippen LogP contribution in [0.5, 0.6) is 0 Å². The molecule has 2 unspecified atom stereocenters. The molecule has 0 radical (unpaired) electrons. The van der Waals surface area contributed by atoms with Gasteiger partial charge in [0.15, 0.2) is 0 Å². The average molecular weight is 564 g/mol. The fraction of sp³-hybridized carbons (Fsp3) is 0.424. The van der Waals surface area contributed by atoms with E-state index in [2.05, 4.69) is 11.8 Å². The molecule has 1 amide bonds. The number of hydrogen-bond acceptors (Lipinski definition) is 5. The zero-order valence-electron chi connectivity index (χ0n) is 24.4. The molecular formula is C33H42FN3O4. The first-order valence-electron chi connectivity index (χ1n) is 14.2. The Hall–Kier alpha value is -3.94. The Morgan fingerprint density at radius 3 is 2.61 bits per heavy atom. The zero-order chi connectivity index (χ0) is 30.3. The van der Waals surface area contributed by atoms with Crippen LogP contribution < -0.4 is 0 Å². The summed E-state index contributed by atoms with van der Waals surface area (Å²) in [5.74, 6) is -0.728. The second kappa shape index (κ2) is 17.0. The predicted octanol–water partition coefficient (Wildman–Crippen LogP) is 8.24. The highest BCUT2D eigenvalue weighted by molar-refractivity contribution is 5.93. The molecule has 0 saturated carbocycles. The van der Waals surface area contributed by atoms with Crippen LogP contribution in [0, 0.1) is 11.8 Å². The van der Waals surface area contributed by atoms with Crippen molar-refractivity contribution in [3.63, 3.8) is 0 Å². The van der Waals surface area contributed by atoms with E-state index in [1.54, 1.807) is 12.2 Å². The van der Waals surface area contributed by atoms with Gasteiger partial charge in [-0.05, 0) is 86.8 Å². The van der Waals surface area contributed by atoms with Crippen LogP contribution in [0.3, 0.4) is 0 Å². The molecule has 220 valence electrons. The number of carbonyl (C=O) groups excluding carboxylic acids is 1. The van der Waals surface area contributed by atoms with Crippen molar-refractivity contribution in [3.8, 4) is 0 Å². The van der Waals surface area contributed by atoms with E-state index in [0.29, 0.717) is 62.9 Å². The standard InChI is InChI=1S/C33H42FN3O4/c1-5-8-12-27(11-6-2)33(7-3,36-41)22-21-26-16-15-25(4)30(23-26)35-31(13-9-10-14-32(39)40)37(24-38)29-19-17-28(34)18-20-29/h6,8,11-12,15-19,23-24,29H,2,5,7,9-10,13-14,20-22H2,1,3-4H3,(H,39,40)/b12-8-,27-11+,35-31-. The van der Waals surface area contributed by atoms with Gasteiger partial charge in [0.1, 0.15) is 17.2 Å². The molecule has 0 saturated heterocycles. The van der Waals surface area contributed by atoms with Gasteiger partial charge < -0.3 is 5.11 Å². The molecule has 8 heteroatoms. The highest BCUT2D eigenvalue weighted by atomic mass is 19.1. The van der Waals surface area contributed by atoms with Gasteiger partial charge in [-0.1, -0.05) is 68.1 Å². The largest absolute Gasteiger partial charge is 0.481 e. The Bertz CT molecular complexity index is 1230. The fourth-order valence-corrected chi connectivity index (χ4v) is 4.77. The van der Waals surface area contributed by atoms with E-state index >= 15 is 0 Å². The van der Waals surface area contributed by atoms with Crippen molar-refractivity contribution in [2.45, 2.75) is 90.1 Å². The van der Waals surface area contributed by atoms with Crippen LogP contribution in [0.15, 0.2) is 88.9 Å². The minimum atomic E-state index is -0.895. The molecule has 0 aromatic heterocycles. The van der Waals surface area contributed by atoms with Crippen LogP contribution in [-0.2, 0) is 16.0 Å². The second-order valence-corrected chi connectivity index (χ2v) is 10.2. The first kappa shape index (κ1) is 33.3. The smallest absolute Gasteiger partial charge is 0.303 e. The fourth-order valence-electron chi connectivity index (χ4n) is 4.77. The summed E-state index contributed by atoms with van der Waals surface area (Å²) in [6, 6.07) is 5.53. The number of carbonyl (C=O) groups is 2. The molecule has 1 aromatic rings. The lowest BCUT2D eigenvalue weighted by atomic mass is 9.81. The molecular weight excluding hydrogens is 521 g/mol. The highest BCUT2D eigenvalue weighted by Gasteiger charge is 2.32. The molecule has 0 aliphatic heterocycles. The van der Waals surface area contributed by atoms with E-state index in [1.807, 2.05) is 57.2 Å². The molecule has 0 fully saturated rings. The third-order valence-electron chi connectivity index (χ3n) is 7.32. The Kier molecular flexibility index (Phi) is 13.8. The van der Waals surface area contributed by atoms with Gasteiger partial charge in [0, 0.05) is 12.8 Å². The number of aliphatic carboxylic acids is 1. The lowest BCUT2D eigenvalue weighted by Crippen LogP contribution is -2.38. The quantitative estimate of drug-likeness (QED) is 0.0515. The van der Waals surface area contributed by atoms with Crippen LogP contribution >= 0.6 is 0 Å². The first-order valence-corrected chi connectivity index (χ1v) is 14.2. The van der Waals surface area contributed by atoms with Gasteiger partial charge in [-0.15, -0.1) is 4.91 Å². The number of halogens is 1. The number of amides is 1. The third kappa shape index (κ3) is 9.88. The summed E-state index contributed by atoms with van der Waals surface area (Å²) in [5.41, 5.74) is 2.49. The number of benzene rings is 1. The van der Waals surface area contributed by atoms with Gasteiger partial charge in [0.25, 0.3) is 0 Å². The average Bonchev–Trinajstić information content (AvgIpc) is 2.97. The van der Waals surface area contributed by atoms with Gasteiger partial charge in [-0.25, -0.2) is 9.38 Å². The molecule has 1 aliphatic carbocycles. The number of aliphatic imine (C=N–C) groups is 1. The van der Waals surface area contributed by atoms with Crippen molar-refractivity contribution in [1.29, 1.82) is 0 Å². The van der Waals surface area contributed by atoms with Crippen molar-refractivity contribution in [2.24, 2.45) is 10.2 Å². The van der Waals surface area contributed by atoms with E-state index in [0.717, 1.165) is 23.1 Å². The van der Waals surface area contributed by atoms with Crippen molar-refractivity contribution < 1.29 is 19.1 Å². The van der Waals surface area contributed by atoms with E-state index < -0.39 is 11.5 Å². The van der Waals surface area contributed by atoms with Gasteiger partial charge in [-0.2, -0.15) is 0 Å². The number of carboxylic acids is 1. The van der Waals surface area contributed by atoms with Crippen LogP contribution in [0.25, 0.3) is 0 Å². The topological polar surface area (TPSA) is 99.4 Å². The normalized spacial score (nSPS) is 17.2. The molecule has 0 heterocycles. The monoisotopic (exact) mass is 563 g/mol. The second-order valence-electron chi connectivity index (χ2n) is 10.2. The molecule has 1 aromatic carbocycles. The summed E-state index contributed by atoms with van der Waals surface area (Å²) in [6.07, 6.45) is 16.7. The van der Waals surface area contributed by atoms with E-state index in [1.165, 1.54) is 17.1 Å². The van der Waals surface area contributed by atoms with E-state index in [-0.39, 0.29) is 18.3 Å². The number of nitrogens with zero attached hydrogens (tertiary/aromatic N) is 3. The Balaban J connectivity index is 2.41. The Labute approximate surface area is 242 Å². The van der Waals surface area contributed by atoms with Crippen LogP contribution in [0.1, 0.15) is 76.3 Å². The molecule has 2 rings (SSSR count). The Morgan fingerprint density at radius 2 is 2.02 bits per heavy atom. The molecule has 41 heavy (non-hydrogen) atoms. The third-order valence-corrected chi connectivity index (χ3v) is 7.32. The summed E-state index contributed by atoms with van der Waals surface area (Å²) < 4.78 is 13.6. The highest BCUT2D eigenvalue weighted by Crippen LogP contribution is 2.33. The van der Waals surface area contributed by atoms with Crippen molar-refractivity contribution >= 4 is 23.9 Å². The van der Waals surface area contributed by atoms with Crippen LogP contribution in [0.4, 0.5) is 10.1 Å². The molecule has 2 atom stereocenters. The lowest BCUT2D eigenvalue weighted by molar-refractivity contribution is -0.137. The lowest BCUT2D eigenvalue weighted by Gasteiger charge is -2.28. The number of aryl methyl sites for hydroxylation is 2. The number of allylic oxidation sites excluding steroid dienone is 5. The molecule has 0 bridgehead atoms. The number of amidine groups is 1. The molecule has 0 spiro atoms. The summed E-state index contributed by atoms with van der Waals surface area (Å²) >= 11 is 0. The molecule has 1 N–H and O–H groups in total. The molecule has 1 aliphatic rings. The Morgan fingerprint density at radius 1 is 1.27 bits per heavy atom. The van der Waals surface area contributed by atoms with E-state index in [4.69, 9.17) is 10.1 Å². The molecule has 7 nitrogen and oxygen atoms in total. The number of unbranched alkanes of at least 4 members (excludes halogenated alkanes) is 1. The summed E-state index contributed by atoms with van der Waals surface area (Å²) in [7, 11) is 0. The first-order chi connectivity index (χ1) is 19.7. The number of carboxylic acid groups (broad SMARTS) is 1. The van der Waals surface area contributed by atoms with Gasteiger partial charge in [-0.3, -0.25) is 14.5 Å². The number of hydrogen-bond donors (Lipinski definition) is 1. The van der Waals surface area contributed by atoms with Gasteiger partial charge in [0.05, 0.1) is 11.7 Å². The zero-order valence-corrected chi connectivity index (χ0v) is 24.4. The van der Waals surface area contributed by atoms with Crippen LogP contribution in [-0.4, -0.2) is 39.8 Å². The van der Waals surface area contributed by atoms with E-state index in [9.17, 15) is 18.9 Å². The predicted molar refractivity (Wildman–Crippen MR) is 164 cm³/mol. The van der Waals surface area contributed by atoms with Crippen LogP contribution in [0.2, 0.25) is 0 Å². The number of nitroso groups, excluding NO2 is 1. The summed E-state index contributed by atoms with van der Waals surface area (Å²) in [5, 5.41) is 12.6. The van der Waals surface area contributed by atoms with Crippen molar-refractivity contribution in [2.75, 3.05) is 0 Å². The maximum absolute atomic E-state index is 13.6. The van der Waals surface area contributed by atoms with Gasteiger partial charge >= 0.3 is 5.97 Å². The summed E-state index contributed by atoms with van der Waals surface area (Å²) in [6.45, 7) is 9.71. The maximum atomic E-state index is 13.6. The van der Waals surface area contributed by atoms with Gasteiger partial charge in [0.2, 0.25) is 6.41 Å². The van der Waals surface area contributed by atoms with Crippen molar-refractivity contribution in [1.82, 2.24) is 4.90 Å². The summed E-state index contributed by atoms with van der Waals surface area (Å²) in [4.78, 5) is 41.8. The van der Waals surface area contributed by atoms with Crippen molar-refractivity contribution in [3.05, 3.63) is 94.7 Å². The number of rotatable bonds is 17.